The largest absolute Gasteiger partial charge is 0.385 e. The summed E-state index contributed by atoms with van der Waals surface area (Å²) in [6, 6.07) is 24.6. The summed E-state index contributed by atoms with van der Waals surface area (Å²) in [4.78, 5) is 29.0. The topological polar surface area (TPSA) is 96.0 Å². The summed E-state index contributed by atoms with van der Waals surface area (Å²) in [6.07, 6.45) is 1.95. The predicted molar refractivity (Wildman–Crippen MR) is 157 cm³/mol. The van der Waals surface area contributed by atoms with Gasteiger partial charge in [-0.3, -0.25) is 9.59 Å². The predicted octanol–water partition coefficient (Wildman–Crippen LogP) is 3.89. The van der Waals surface area contributed by atoms with Crippen LogP contribution in [0.1, 0.15) is 23.1 Å². The highest BCUT2D eigenvalue weighted by atomic mass is 35.5. The Morgan fingerprint density at radius 1 is 0.875 bits per heavy atom. The van der Waals surface area contributed by atoms with Crippen LogP contribution in [-0.4, -0.2) is 68.5 Å². The lowest BCUT2D eigenvalue weighted by atomic mass is 10.0. The van der Waals surface area contributed by atoms with Gasteiger partial charge in [0, 0.05) is 44.8 Å². The van der Waals surface area contributed by atoms with Gasteiger partial charge < -0.3 is 15.0 Å². The molecule has 0 radical (unpaired) electrons. The zero-order chi connectivity index (χ0) is 29.0. The maximum absolute atomic E-state index is 14.0. The van der Waals surface area contributed by atoms with E-state index in [0.717, 1.165) is 27.3 Å². The zero-order valence-corrected chi connectivity index (χ0v) is 24.4. The number of hydrogen-bond donors (Lipinski definition) is 1. The van der Waals surface area contributed by atoms with Gasteiger partial charge in [-0.2, -0.15) is 4.31 Å². The Kier molecular flexibility index (Phi) is 12.1. The minimum atomic E-state index is -3.74. The number of nitrogens with one attached hydrogen (secondary N) is 1. The fraction of sp³-hybridized carbons (Fsp3) is 0.333. The number of methoxy groups -OCH3 is 1. The van der Waals surface area contributed by atoms with Crippen LogP contribution in [0.15, 0.2) is 84.9 Å². The fourth-order valence-electron chi connectivity index (χ4n) is 4.21. The summed E-state index contributed by atoms with van der Waals surface area (Å²) >= 11 is 6.08. The van der Waals surface area contributed by atoms with Crippen LogP contribution in [0, 0.1) is 0 Å². The molecule has 0 saturated carbocycles. The molecule has 2 amide bonds. The maximum atomic E-state index is 14.0. The third-order valence-corrected chi connectivity index (χ3v) is 7.79. The van der Waals surface area contributed by atoms with Crippen molar-refractivity contribution in [3.05, 3.63) is 107 Å². The van der Waals surface area contributed by atoms with E-state index in [9.17, 15) is 18.0 Å². The molecule has 0 aromatic heterocycles. The van der Waals surface area contributed by atoms with E-state index in [0.29, 0.717) is 24.6 Å². The van der Waals surface area contributed by atoms with Crippen molar-refractivity contribution >= 4 is 33.4 Å². The quantitative estimate of drug-likeness (QED) is 0.273. The molecule has 8 nitrogen and oxygen atoms in total. The van der Waals surface area contributed by atoms with E-state index in [2.05, 4.69) is 5.32 Å². The second kappa shape index (κ2) is 15.5. The average Bonchev–Trinajstić information content (AvgIpc) is 2.94. The van der Waals surface area contributed by atoms with Crippen LogP contribution in [0.2, 0.25) is 5.02 Å². The van der Waals surface area contributed by atoms with E-state index >= 15 is 0 Å². The van der Waals surface area contributed by atoms with Crippen LogP contribution in [0.25, 0.3) is 0 Å². The van der Waals surface area contributed by atoms with Crippen LogP contribution < -0.4 is 5.32 Å². The summed E-state index contributed by atoms with van der Waals surface area (Å²) in [5.41, 5.74) is 2.39. The van der Waals surface area contributed by atoms with Crippen molar-refractivity contribution in [2.45, 2.75) is 32.0 Å². The number of nitrogens with zero attached hydrogens (tertiary/aromatic N) is 2. The van der Waals surface area contributed by atoms with Gasteiger partial charge >= 0.3 is 0 Å². The van der Waals surface area contributed by atoms with E-state index in [4.69, 9.17) is 16.3 Å². The molecule has 214 valence electrons. The molecule has 10 heteroatoms. The standard InChI is InChI=1S/C30H36ClN3O5S/c1-39-19-9-18-32-30(36)28(20-24-10-5-3-6-11-24)34(22-26-14-16-27(31)17-15-26)29(35)23-33(40(2,37)38)21-25-12-7-4-8-13-25/h3-8,10-17,28H,9,18-23H2,1-2H3,(H,32,36)/t28-/m1/s1. The Balaban J connectivity index is 1.95. The van der Waals surface area contributed by atoms with E-state index in [1.54, 1.807) is 43.5 Å². The van der Waals surface area contributed by atoms with Crippen molar-refractivity contribution in [3.8, 4) is 0 Å². The highest BCUT2D eigenvalue weighted by Gasteiger charge is 2.32. The number of carbonyl (C=O) groups excluding carboxylic acids is 2. The molecule has 1 atom stereocenters. The highest BCUT2D eigenvalue weighted by molar-refractivity contribution is 7.88. The summed E-state index contributed by atoms with van der Waals surface area (Å²) in [6.45, 7) is 0.586. The molecule has 0 bridgehead atoms. The molecule has 3 aromatic rings. The molecule has 1 N–H and O–H groups in total. The molecule has 0 spiro atoms. The second-order valence-corrected chi connectivity index (χ2v) is 11.9. The Bertz CT molecular complexity index is 1320. The molecule has 0 aliphatic rings. The van der Waals surface area contributed by atoms with Crippen molar-refractivity contribution in [2.24, 2.45) is 0 Å². The van der Waals surface area contributed by atoms with Crippen LogP contribution in [-0.2, 0) is 43.9 Å². The molecule has 0 fully saturated rings. The first-order valence-electron chi connectivity index (χ1n) is 13.0. The Morgan fingerprint density at radius 2 is 1.45 bits per heavy atom. The van der Waals surface area contributed by atoms with Crippen LogP contribution in [0.3, 0.4) is 0 Å². The number of ether oxygens (including phenoxy) is 1. The Hall–Kier alpha value is -3.24. The average molecular weight is 586 g/mol. The minimum absolute atomic E-state index is 0.0345. The lowest BCUT2D eigenvalue weighted by Gasteiger charge is -2.33. The third-order valence-electron chi connectivity index (χ3n) is 6.34. The number of hydrogen-bond acceptors (Lipinski definition) is 5. The second-order valence-electron chi connectivity index (χ2n) is 9.51. The summed E-state index contributed by atoms with van der Waals surface area (Å²) in [7, 11) is -2.15. The number of benzene rings is 3. The van der Waals surface area contributed by atoms with Crippen LogP contribution in [0.5, 0.6) is 0 Å². The first kappa shape index (κ1) is 31.3. The normalized spacial score (nSPS) is 12.2. The van der Waals surface area contributed by atoms with E-state index in [1.807, 2.05) is 48.5 Å². The summed E-state index contributed by atoms with van der Waals surface area (Å²) < 4.78 is 31.7. The smallest absolute Gasteiger partial charge is 0.243 e. The first-order valence-corrected chi connectivity index (χ1v) is 15.2. The number of amides is 2. The molecule has 3 aromatic carbocycles. The van der Waals surface area contributed by atoms with Crippen molar-refractivity contribution in [3.63, 3.8) is 0 Å². The van der Waals surface area contributed by atoms with Crippen molar-refractivity contribution in [1.29, 1.82) is 0 Å². The molecule has 40 heavy (non-hydrogen) atoms. The van der Waals surface area contributed by atoms with Crippen molar-refractivity contribution in [2.75, 3.05) is 33.1 Å². The number of rotatable bonds is 15. The van der Waals surface area contributed by atoms with Gasteiger partial charge in [0.15, 0.2) is 0 Å². The SMILES string of the molecule is COCCCNC(=O)[C@@H](Cc1ccccc1)N(Cc1ccc(Cl)cc1)C(=O)CN(Cc1ccccc1)S(C)(=O)=O. The van der Waals surface area contributed by atoms with Gasteiger partial charge in [-0.25, -0.2) is 8.42 Å². The van der Waals surface area contributed by atoms with Gasteiger partial charge in [0.25, 0.3) is 0 Å². The molecular weight excluding hydrogens is 550 g/mol. The minimum Gasteiger partial charge on any atom is -0.385 e. The molecule has 0 unspecified atom stereocenters. The molecule has 0 aliphatic heterocycles. The Morgan fingerprint density at radius 3 is 2.02 bits per heavy atom. The molecule has 0 aliphatic carbocycles. The van der Waals surface area contributed by atoms with Gasteiger partial charge in [0.2, 0.25) is 21.8 Å². The van der Waals surface area contributed by atoms with Gasteiger partial charge in [-0.05, 0) is 35.2 Å². The van der Waals surface area contributed by atoms with Crippen molar-refractivity contribution in [1.82, 2.24) is 14.5 Å². The van der Waals surface area contributed by atoms with Gasteiger partial charge in [-0.15, -0.1) is 0 Å². The zero-order valence-electron chi connectivity index (χ0n) is 22.8. The fourth-order valence-corrected chi connectivity index (χ4v) is 5.06. The van der Waals surface area contributed by atoms with Gasteiger partial charge in [-0.1, -0.05) is 84.4 Å². The lowest BCUT2D eigenvalue weighted by molar-refractivity contribution is -0.141. The number of sulfonamides is 1. The van der Waals surface area contributed by atoms with E-state index in [1.165, 1.54) is 4.90 Å². The van der Waals surface area contributed by atoms with E-state index < -0.39 is 28.5 Å². The monoisotopic (exact) mass is 585 g/mol. The third kappa shape index (κ3) is 10.1. The van der Waals surface area contributed by atoms with Crippen molar-refractivity contribution < 1.29 is 22.7 Å². The Labute approximate surface area is 241 Å². The molecule has 0 heterocycles. The van der Waals surface area contributed by atoms with Crippen LogP contribution >= 0.6 is 11.6 Å². The maximum Gasteiger partial charge on any atom is 0.243 e. The molecule has 0 saturated heterocycles. The lowest BCUT2D eigenvalue weighted by Crippen LogP contribution is -2.53. The van der Waals surface area contributed by atoms with Gasteiger partial charge in [0.05, 0.1) is 12.8 Å². The number of halogens is 1. The molecule has 3 rings (SSSR count). The van der Waals surface area contributed by atoms with E-state index in [-0.39, 0.29) is 25.4 Å². The summed E-state index contributed by atoms with van der Waals surface area (Å²) in [5.74, 6) is -0.805. The van der Waals surface area contributed by atoms with Gasteiger partial charge in [0.1, 0.15) is 6.04 Å². The molecular formula is C30H36ClN3O5S. The van der Waals surface area contributed by atoms with Crippen LogP contribution in [0.4, 0.5) is 0 Å². The summed E-state index contributed by atoms with van der Waals surface area (Å²) in [5, 5.41) is 3.47. The first-order chi connectivity index (χ1) is 19.2. The number of carbonyl (C=O) groups is 2. The highest BCUT2D eigenvalue weighted by Crippen LogP contribution is 2.18.